The molecule has 4 N–H and O–H groups in total. The second-order valence-corrected chi connectivity index (χ2v) is 8.47. The van der Waals surface area contributed by atoms with E-state index in [0.29, 0.717) is 12.3 Å². The zero-order valence-corrected chi connectivity index (χ0v) is 13.1. The molecule has 0 aromatic heterocycles. The molecule has 0 saturated heterocycles. The molecule has 0 spiro atoms. The van der Waals surface area contributed by atoms with Crippen molar-refractivity contribution in [3.8, 4) is 0 Å². The van der Waals surface area contributed by atoms with Crippen molar-refractivity contribution in [2.45, 2.75) is 58.3 Å². The molecule has 116 valence electrons. The van der Waals surface area contributed by atoms with Crippen molar-refractivity contribution in [2.75, 3.05) is 6.16 Å². The maximum Gasteiger partial charge on any atom is 0.314 e. The van der Waals surface area contributed by atoms with Crippen molar-refractivity contribution in [3.05, 3.63) is 0 Å². The Morgan fingerprint density at radius 2 is 1.90 bits per heavy atom. The molecule has 1 unspecified atom stereocenters. The molecule has 1 aliphatic carbocycles. The molecule has 0 radical (unpaired) electrons. The molecule has 0 heterocycles. The summed E-state index contributed by atoms with van der Waals surface area (Å²) in [5.74, 6) is -1.02. The van der Waals surface area contributed by atoms with Gasteiger partial charge in [-0.25, -0.2) is 9.79 Å². The molecule has 1 atom stereocenters. The molecule has 1 aliphatic rings. The zero-order chi connectivity index (χ0) is 15.2. The normalized spacial score (nSPS) is 18.8. The van der Waals surface area contributed by atoms with Crippen LogP contribution in [0, 0.1) is 17.2 Å². The van der Waals surface area contributed by atoms with Gasteiger partial charge in [0.15, 0.2) is 0 Å². The minimum atomic E-state index is -3.49. The molecule has 1 saturated carbocycles. The summed E-state index contributed by atoms with van der Waals surface area (Å²) >= 11 is 0. The molecule has 0 bridgehead atoms. The quantitative estimate of drug-likeness (QED) is 0.408. The van der Waals surface area contributed by atoms with Crippen molar-refractivity contribution in [2.24, 2.45) is 11.8 Å². The number of rotatable bonds is 8. The van der Waals surface area contributed by atoms with Gasteiger partial charge in [-0.3, -0.25) is 10.2 Å². The van der Waals surface area contributed by atoms with Gasteiger partial charge in [-0.2, -0.15) is 0 Å². The fourth-order valence-electron chi connectivity index (χ4n) is 2.87. The highest BCUT2D eigenvalue weighted by Gasteiger charge is 2.42. The van der Waals surface area contributed by atoms with Crippen molar-refractivity contribution in [1.29, 1.82) is 5.41 Å². The maximum absolute atomic E-state index is 11.2. The van der Waals surface area contributed by atoms with Crippen LogP contribution < -0.4 is 0 Å². The van der Waals surface area contributed by atoms with Crippen LogP contribution >= 0.6 is 7.72 Å². The van der Waals surface area contributed by atoms with Gasteiger partial charge in [-0.05, 0) is 12.3 Å². The third-order valence-corrected chi connectivity index (χ3v) is 6.28. The average Bonchev–Trinajstić information content (AvgIpc) is 2.38. The standard InChI is InChI=1S/C14H26NO4P/c1-11(15)20(18,19)10-13(14(16)17)9-5-8-12-6-3-2-4-7-12/h12-13,15,18-19H,2-10H2,1H3/p+1. The second kappa shape index (κ2) is 8.06. The third-order valence-electron chi connectivity index (χ3n) is 4.25. The summed E-state index contributed by atoms with van der Waals surface area (Å²) in [5, 5.41) is 16.5. The van der Waals surface area contributed by atoms with Gasteiger partial charge in [-0.1, -0.05) is 44.9 Å². The van der Waals surface area contributed by atoms with Crippen LogP contribution in [0.25, 0.3) is 0 Å². The van der Waals surface area contributed by atoms with E-state index < -0.39 is 19.6 Å². The monoisotopic (exact) mass is 304 g/mol. The summed E-state index contributed by atoms with van der Waals surface area (Å²) in [6, 6.07) is 0. The summed E-state index contributed by atoms with van der Waals surface area (Å²) < 4.78 is 0. The van der Waals surface area contributed by atoms with Crippen LogP contribution in [0.1, 0.15) is 58.3 Å². The van der Waals surface area contributed by atoms with E-state index in [0.717, 1.165) is 12.8 Å². The van der Waals surface area contributed by atoms with Crippen LogP contribution in [0.2, 0.25) is 0 Å². The van der Waals surface area contributed by atoms with Crippen LogP contribution in [0.3, 0.4) is 0 Å². The topological polar surface area (TPSA) is 102 Å². The van der Waals surface area contributed by atoms with Gasteiger partial charge in [0.25, 0.3) is 0 Å². The van der Waals surface area contributed by atoms with Gasteiger partial charge >= 0.3 is 13.7 Å². The van der Waals surface area contributed by atoms with Crippen LogP contribution in [-0.2, 0) is 4.79 Å². The van der Waals surface area contributed by atoms with Gasteiger partial charge < -0.3 is 5.11 Å². The number of nitrogens with one attached hydrogen (secondary N) is 1. The molecular weight excluding hydrogens is 277 g/mol. The molecule has 6 heteroatoms. The predicted molar refractivity (Wildman–Crippen MR) is 81.2 cm³/mol. The largest absolute Gasteiger partial charge is 0.481 e. The predicted octanol–water partition coefficient (Wildman–Crippen LogP) is 3.27. The van der Waals surface area contributed by atoms with Crippen molar-refractivity contribution in [3.63, 3.8) is 0 Å². The number of carboxylic acid groups (broad SMARTS) is 1. The fraction of sp³-hybridized carbons (Fsp3) is 0.857. The van der Waals surface area contributed by atoms with Gasteiger partial charge in [-0.15, -0.1) is 0 Å². The third kappa shape index (κ3) is 5.86. The van der Waals surface area contributed by atoms with Crippen LogP contribution in [0.15, 0.2) is 0 Å². The Kier molecular flexibility index (Phi) is 7.07. The maximum atomic E-state index is 11.2. The lowest BCUT2D eigenvalue weighted by atomic mass is 9.85. The van der Waals surface area contributed by atoms with Gasteiger partial charge in [0.2, 0.25) is 5.45 Å². The highest BCUT2D eigenvalue weighted by atomic mass is 31.2. The minimum Gasteiger partial charge on any atom is -0.481 e. The fourth-order valence-corrected chi connectivity index (χ4v) is 4.09. The second-order valence-electron chi connectivity index (χ2n) is 5.97. The Labute approximate surface area is 121 Å². The highest BCUT2D eigenvalue weighted by molar-refractivity contribution is 7.81. The molecule has 5 nitrogen and oxygen atoms in total. The first kappa shape index (κ1) is 17.5. The summed E-state index contributed by atoms with van der Waals surface area (Å²) in [6.45, 7) is 1.33. The highest BCUT2D eigenvalue weighted by Crippen LogP contribution is 2.52. The van der Waals surface area contributed by atoms with E-state index in [-0.39, 0.29) is 11.6 Å². The molecular formula is C14H27NO4P+. The minimum absolute atomic E-state index is 0.192. The summed E-state index contributed by atoms with van der Waals surface area (Å²) in [7, 11) is -3.49. The van der Waals surface area contributed by atoms with Crippen LogP contribution in [-0.4, -0.2) is 32.5 Å². The van der Waals surface area contributed by atoms with E-state index in [2.05, 4.69) is 0 Å². The smallest absolute Gasteiger partial charge is 0.314 e. The Balaban J connectivity index is 2.39. The van der Waals surface area contributed by atoms with E-state index >= 15 is 0 Å². The van der Waals surface area contributed by atoms with E-state index in [9.17, 15) is 19.7 Å². The van der Waals surface area contributed by atoms with Gasteiger partial charge in [0.1, 0.15) is 6.16 Å². The molecule has 0 aliphatic heterocycles. The lowest BCUT2D eigenvalue weighted by Crippen LogP contribution is -2.22. The van der Waals surface area contributed by atoms with Crippen molar-refractivity contribution >= 4 is 19.1 Å². The van der Waals surface area contributed by atoms with Gasteiger partial charge in [0.05, 0.1) is 5.92 Å². The van der Waals surface area contributed by atoms with E-state index in [4.69, 9.17) is 5.41 Å². The van der Waals surface area contributed by atoms with Gasteiger partial charge in [0, 0.05) is 6.92 Å². The molecule has 0 amide bonds. The van der Waals surface area contributed by atoms with Crippen LogP contribution in [0.5, 0.6) is 0 Å². The first-order chi connectivity index (χ1) is 9.33. The zero-order valence-electron chi connectivity index (χ0n) is 12.2. The Morgan fingerprint density at radius 1 is 1.30 bits per heavy atom. The van der Waals surface area contributed by atoms with Crippen LogP contribution in [0.4, 0.5) is 0 Å². The summed E-state index contributed by atoms with van der Waals surface area (Å²) in [6.07, 6.45) is 8.50. The van der Waals surface area contributed by atoms with E-state index in [1.807, 2.05) is 0 Å². The first-order valence-electron chi connectivity index (χ1n) is 7.45. The molecule has 0 aromatic carbocycles. The Morgan fingerprint density at radius 3 is 2.40 bits per heavy atom. The lowest BCUT2D eigenvalue weighted by molar-refractivity contribution is -0.141. The molecule has 1 fully saturated rings. The number of hydrogen-bond donors (Lipinski definition) is 4. The van der Waals surface area contributed by atoms with E-state index in [1.54, 1.807) is 0 Å². The Hall–Kier alpha value is -0.510. The summed E-state index contributed by atoms with van der Waals surface area (Å²) in [4.78, 5) is 30.7. The number of hydrogen-bond acceptors (Lipinski definition) is 4. The summed E-state index contributed by atoms with van der Waals surface area (Å²) in [5.41, 5.74) is -0.198. The molecule has 0 aromatic rings. The number of carboxylic acids is 1. The van der Waals surface area contributed by atoms with E-state index in [1.165, 1.54) is 39.0 Å². The number of aliphatic carboxylic acids is 1. The molecule has 20 heavy (non-hydrogen) atoms. The first-order valence-corrected chi connectivity index (χ1v) is 9.33. The lowest BCUT2D eigenvalue weighted by Gasteiger charge is -2.22. The van der Waals surface area contributed by atoms with Crippen molar-refractivity contribution < 1.29 is 19.7 Å². The SMILES string of the molecule is CC(=N)[P+](O)(O)CC(CCCC1CCCCC1)C(=O)O. The molecule has 1 rings (SSSR count). The van der Waals surface area contributed by atoms with Crippen molar-refractivity contribution in [1.82, 2.24) is 0 Å². The average molecular weight is 304 g/mol. The Bertz CT molecular complexity index is 340. The number of carbonyl (C=O) groups is 1.